The summed E-state index contributed by atoms with van der Waals surface area (Å²) < 4.78 is 5.59. The van der Waals surface area contributed by atoms with Gasteiger partial charge in [-0.15, -0.1) is 0 Å². The molecule has 0 spiro atoms. The van der Waals surface area contributed by atoms with Crippen molar-refractivity contribution in [2.45, 2.75) is 0 Å². The summed E-state index contributed by atoms with van der Waals surface area (Å²) in [6.45, 7) is 0. The van der Waals surface area contributed by atoms with Gasteiger partial charge in [0.25, 0.3) is 5.91 Å². The molecule has 0 radical (unpaired) electrons. The monoisotopic (exact) mass is 369 g/mol. The zero-order valence-electron chi connectivity index (χ0n) is 13.2. The van der Waals surface area contributed by atoms with Gasteiger partial charge < -0.3 is 9.52 Å². The number of carboxylic acid groups (broad SMARTS) is 1. The van der Waals surface area contributed by atoms with E-state index >= 15 is 0 Å². The smallest absolute Gasteiger partial charge is 0.337 e. The summed E-state index contributed by atoms with van der Waals surface area (Å²) in [4.78, 5) is 26.7. The summed E-state index contributed by atoms with van der Waals surface area (Å²) in [5.41, 5.74) is 3.40. The summed E-state index contributed by atoms with van der Waals surface area (Å²) in [5, 5.41) is 12.9. The van der Waals surface area contributed by atoms with Gasteiger partial charge in [0.05, 0.1) is 22.4 Å². The topological polar surface area (TPSA) is 105 Å². The zero-order valence-corrected chi connectivity index (χ0v) is 14.0. The Hall–Kier alpha value is -3.45. The van der Waals surface area contributed by atoms with E-state index in [-0.39, 0.29) is 10.6 Å². The molecule has 0 atom stereocenters. The SMILES string of the molecule is O=C(NN=Cc1ccc(-c2ccc(C(=O)O)c(Cl)c2)o1)c1cccnc1. The first-order chi connectivity index (χ1) is 12.5. The van der Waals surface area contributed by atoms with Gasteiger partial charge in [-0.1, -0.05) is 17.7 Å². The maximum Gasteiger partial charge on any atom is 0.337 e. The second-order valence-corrected chi connectivity index (χ2v) is 5.55. The lowest BCUT2D eigenvalue weighted by Gasteiger charge is -2.01. The maximum absolute atomic E-state index is 11.8. The number of furan rings is 1. The fraction of sp³-hybridized carbons (Fsp3) is 0. The summed E-state index contributed by atoms with van der Waals surface area (Å²) in [5.74, 6) is -0.593. The fourth-order valence-corrected chi connectivity index (χ4v) is 2.40. The van der Waals surface area contributed by atoms with Crippen molar-refractivity contribution in [3.05, 3.63) is 76.8 Å². The average molecular weight is 370 g/mol. The minimum atomic E-state index is -1.10. The van der Waals surface area contributed by atoms with E-state index in [1.54, 1.807) is 36.5 Å². The van der Waals surface area contributed by atoms with Crippen LogP contribution in [0, 0.1) is 0 Å². The number of aromatic carboxylic acids is 1. The number of pyridine rings is 1. The van der Waals surface area contributed by atoms with Crippen molar-refractivity contribution in [2.75, 3.05) is 0 Å². The number of benzene rings is 1. The summed E-state index contributed by atoms with van der Waals surface area (Å²) in [7, 11) is 0. The average Bonchev–Trinajstić information content (AvgIpc) is 3.11. The quantitative estimate of drug-likeness (QED) is 0.529. The molecule has 1 amide bonds. The lowest BCUT2D eigenvalue weighted by atomic mass is 10.1. The number of hydrogen-bond acceptors (Lipinski definition) is 5. The van der Waals surface area contributed by atoms with Gasteiger partial charge in [0, 0.05) is 18.0 Å². The molecule has 8 heteroatoms. The van der Waals surface area contributed by atoms with Crippen molar-refractivity contribution in [1.29, 1.82) is 0 Å². The van der Waals surface area contributed by atoms with Crippen LogP contribution in [0.3, 0.4) is 0 Å². The maximum atomic E-state index is 11.8. The molecule has 0 fully saturated rings. The van der Waals surface area contributed by atoms with Gasteiger partial charge in [0.2, 0.25) is 0 Å². The van der Waals surface area contributed by atoms with Crippen LogP contribution in [0.2, 0.25) is 5.02 Å². The van der Waals surface area contributed by atoms with Crippen LogP contribution in [-0.4, -0.2) is 28.2 Å². The third kappa shape index (κ3) is 3.96. The molecule has 130 valence electrons. The first-order valence-electron chi connectivity index (χ1n) is 7.41. The van der Waals surface area contributed by atoms with Crippen molar-refractivity contribution in [3.8, 4) is 11.3 Å². The number of carbonyl (C=O) groups excluding carboxylic acids is 1. The summed E-state index contributed by atoms with van der Waals surface area (Å²) >= 11 is 5.96. The molecule has 0 unspecified atom stereocenters. The molecule has 0 saturated carbocycles. The Morgan fingerprint density at radius 3 is 2.77 bits per heavy atom. The third-order valence-corrected chi connectivity index (χ3v) is 3.71. The van der Waals surface area contributed by atoms with E-state index in [1.807, 2.05) is 0 Å². The Morgan fingerprint density at radius 2 is 2.08 bits per heavy atom. The highest BCUT2D eigenvalue weighted by Crippen LogP contribution is 2.27. The zero-order chi connectivity index (χ0) is 18.5. The molecular weight excluding hydrogens is 358 g/mol. The number of aromatic nitrogens is 1. The largest absolute Gasteiger partial charge is 0.478 e. The minimum Gasteiger partial charge on any atom is -0.478 e. The van der Waals surface area contributed by atoms with Crippen molar-refractivity contribution < 1.29 is 19.1 Å². The second-order valence-electron chi connectivity index (χ2n) is 5.14. The van der Waals surface area contributed by atoms with Crippen molar-refractivity contribution in [1.82, 2.24) is 10.4 Å². The van der Waals surface area contributed by atoms with Crippen LogP contribution in [0.15, 0.2) is 64.4 Å². The predicted molar refractivity (Wildman–Crippen MR) is 95.4 cm³/mol. The molecule has 3 aromatic rings. The number of amides is 1. The standard InChI is InChI=1S/C18H12ClN3O4/c19-15-8-11(3-5-14(15)18(24)25)16-6-4-13(26-16)10-21-22-17(23)12-2-1-7-20-9-12/h1-10H,(H,22,23)(H,24,25). The first kappa shape index (κ1) is 17.4. The normalized spacial score (nSPS) is 10.8. The first-order valence-corrected chi connectivity index (χ1v) is 7.79. The highest BCUT2D eigenvalue weighted by atomic mass is 35.5. The Balaban J connectivity index is 1.69. The van der Waals surface area contributed by atoms with E-state index in [0.717, 1.165) is 0 Å². The van der Waals surface area contributed by atoms with Crippen LogP contribution in [0.5, 0.6) is 0 Å². The van der Waals surface area contributed by atoms with Gasteiger partial charge in [-0.3, -0.25) is 9.78 Å². The van der Waals surface area contributed by atoms with Crippen molar-refractivity contribution >= 4 is 29.7 Å². The number of halogens is 1. The molecule has 26 heavy (non-hydrogen) atoms. The van der Waals surface area contributed by atoms with Crippen LogP contribution in [-0.2, 0) is 0 Å². The van der Waals surface area contributed by atoms with Crippen LogP contribution < -0.4 is 5.43 Å². The number of nitrogens with zero attached hydrogens (tertiary/aromatic N) is 2. The van der Waals surface area contributed by atoms with E-state index < -0.39 is 11.9 Å². The van der Waals surface area contributed by atoms with E-state index in [0.29, 0.717) is 22.6 Å². The fourth-order valence-electron chi connectivity index (χ4n) is 2.14. The number of carboxylic acids is 1. The molecule has 3 rings (SSSR count). The number of hydrogen-bond donors (Lipinski definition) is 2. The van der Waals surface area contributed by atoms with Gasteiger partial charge in [0.15, 0.2) is 0 Å². The highest BCUT2D eigenvalue weighted by Gasteiger charge is 2.11. The van der Waals surface area contributed by atoms with Gasteiger partial charge in [-0.2, -0.15) is 5.10 Å². The van der Waals surface area contributed by atoms with Gasteiger partial charge in [-0.05, 0) is 36.4 Å². The molecule has 2 heterocycles. The summed E-state index contributed by atoms with van der Waals surface area (Å²) in [6, 6.07) is 11.1. The van der Waals surface area contributed by atoms with Crippen LogP contribution in [0.25, 0.3) is 11.3 Å². The number of rotatable bonds is 5. The number of hydrazone groups is 1. The lowest BCUT2D eigenvalue weighted by molar-refractivity contribution is 0.0696. The van der Waals surface area contributed by atoms with Crippen LogP contribution >= 0.6 is 11.6 Å². The third-order valence-electron chi connectivity index (χ3n) is 3.39. The molecule has 0 aliphatic rings. The molecule has 2 N–H and O–H groups in total. The Kier molecular flexibility index (Phi) is 5.09. The molecular formula is C18H12ClN3O4. The Morgan fingerprint density at radius 1 is 1.23 bits per heavy atom. The van der Waals surface area contributed by atoms with Crippen molar-refractivity contribution in [2.24, 2.45) is 5.10 Å². The summed E-state index contributed by atoms with van der Waals surface area (Å²) in [6.07, 6.45) is 4.35. The van der Waals surface area contributed by atoms with Gasteiger partial charge >= 0.3 is 5.97 Å². The molecule has 0 bridgehead atoms. The minimum absolute atomic E-state index is 0.0156. The molecule has 0 aliphatic heterocycles. The van der Waals surface area contributed by atoms with E-state index in [9.17, 15) is 9.59 Å². The lowest BCUT2D eigenvalue weighted by Crippen LogP contribution is -2.17. The highest BCUT2D eigenvalue weighted by molar-refractivity contribution is 6.33. The van der Waals surface area contributed by atoms with Crippen LogP contribution in [0.4, 0.5) is 0 Å². The van der Waals surface area contributed by atoms with Crippen LogP contribution in [0.1, 0.15) is 26.5 Å². The van der Waals surface area contributed by atoms with Crippen molar-refractivity contribution in [3.63, 3.8) is 0 Å². The van der Waals surface area contributed by atoms with E-state index in [4.69, 9.17) is 21.1 Å². The molecule has 7 nitrogen and oxygen atoms in total. The molecule has 0 aliphatic carbocycles. The Bertz CT molecular complexity index is 983. The number of nitrogens with one attached hydrogen (secondary N) is 1. The predicted octanol–water partition coefficient (Wildman–Crippen LogP) is 3.46. The van der Waals surface area contributed by atoms with Gasteiger partial charge in [0.1, 0.15) is 11.5 Å². The molecule has 0 saturated heterocycles. The Labute approximate surface area is 152 Å². The number of carbonyl (C=O) groups is 2. The molecule has 2 aromatic heterocycles. The second kappa shape index (κ2) is 7.62. The molecule has 1 aromatic carbocycles. The van der Waals surface area contributed by atoms with E-state index in [1.165, 1.54) is 24.5 Å². The van der Waals surface area contributed by atoms with Gasteiger partial charge in [-0.25, -0.2) is 10.2 Å². The van der Waals surface area contributed by atoms with E-state index in [2.05, 4.69) is 15.5 Å².